The molecule has 0 saturated heterocycles. The third-order valence-corrected chi connectivity index (χ3v) is 3.32. The monoisotopic (exact) mass is 242 g/mol. The molecule has 0 radical (unpaired) electrons. The first-order chi connectivity index (χ1) is 8.15. The highest BCUT2D eigenvalue weighted by Gasteiger charge is 2.31. The van der Waals surface area contributed by atoms with Crippen molar-refractivity contribution in [3.05, 3.63) is 0 Å². The van der Waals surface area contributed by atoms with Crippen molar-refractivity contribution in [3.63, 3.8) is 0 Å². The van der Waals surface area contributed by atoms with Crippen LogP contribution in [-0.4, -0.2) is 50.7 Å². The molecule has 0 aromatic rings. The van der Waals surface area contributed by atoms with Gasteiger partial charge in [0.2, 0.25) is 0 Å². The zero-order chi connectivity index (χ0) is 12.7. The number of rotatable bonds is 6. The summed E-state index contributed by atoms with van der Waals surface area (Å²) in [6.07, 6.45) is 4.43. The van der Waals surface area contributed by atoms with Crippen molar-refractivity contribution in [3.8, 4) is 0 Å². The van der Waals surface area contributed by atoms with E-state index < -0.39 is 0 Å². The van der Waals surface area contributed by atoms with E-state index in [4.69, 9.17) is 4.74 Å². The number of carbonyl (C=O) groups is 1. The van der Waals surface area contributed by atoms with Crippen molar-refractivity contribution in [2.45, 2.75) is 38.6 Å². The van der Waals surface area contributed by atoms with E-state index in [0.717, 1.165) is 32.4 Å². The first-order valence-corrected chi connectivity index (χ1v) is 6.70. The molecule has 1 rings (SSSR count). The molecule has 1 fully saturated rings. The van der Waals surface area contributed by atoms with Gasteiger partial charge in [0, 0.05) is 19.1 Å². The first kappa shape index (κ1) is 14.5. The van der Waals surface area contributed by atoms with Crippen LogP contribution in [0.15, 0.2) is 0 Å². The maximum atomic E-state index is 11.8. The molecule has 4 heteroatoms. The van der Waals surface area contributed by atoms with Crippen LogP contribution in [0.1, 0.15) is 32.6 Å². The Morgan fingerprint density at radius 3 is 2.71 bits per heavy atom. The molecule has 0 spiro atoms. The first-order valence-electron chi connectivity index (χ1n) is 6.70. The quantitative estimate of drug-likeness (QED) is 0.712. The fraction of sp³-hybridized carbons (Fsp3) is 0.923. The van der Waals surface area contributed by atoms with Gasteiger partial charge in [-0.2, -0.15) is 0 Å². The molecule has 0 aliphatic heterocycles. The van der Waals surface area contributed by atoms with Crippen LogP contribution < -0.4 is 5.32 Å². The zero-order valence-corrected chi connectivity index (χ0v) is 11.4. The topological polar surface area (TPSA) is 41.6 Å². The molecule has 1 aliphatic rings. The van der Waals surface area contributed by atoms with Gasteiger partial charge >= 0.3 is 5.97 Å². The van der Waals surface area contributed by atoms with E-state index in [1.54, 1.807) is 0 Å². The predicted octanol–water partition coefficient (Wildman–Crippen LogP) is 1.26. The Kier molecular flexibility index (Phi) is 6.52. The van der Waals surface area contributed by atoms with Crippen molar-refractivity contribution in [1.82, 2.24) is 10.2 Å². The van der Waals surface area contributed by atoms with E-state index in [2.05, 4.69) is 24.3 Å². The van der Waals surface area contributed by atoms with Crippen LogP contribution in [0.5, 0.6) is 0 Å². The average Bonchev–Trinajstić information content (AvgIpc) is 2.29. The summed E-state index contributed by atoms with van der Waals surface area (Å²) in [6.45, 7) is 4.30. The summed E-state index contributed by atoms with van der Waals surface area (Å²) in [5.41, 5.74) is 0. The molecule has 1 N–H and O–H groups in total. The van der Waals surface area contributed by atoms with Gasteiger partial charge in [0.1, 0.15) is 0 Å². The Bertz CT molecular complexity index is 231. The van der Waals surface area contributed by atoms with E-state index in [0.29, 0.717) is 12.6 Å². The standard InChI is InChI=1S/C13H26N2O2/c1-4-17-13(16)11-7-5-6-8-12(11)14-9-10-15(2)3/h11-12,14H,4-10H2,1-3H3. The van der Waals surface area contributed by atoms with E-state index in [-0.39, 0.29) is 11.9 Å². The van der Waals surface area contributed by atoms with E-state index in [1.165, 1.54) is 6.42 Å². The van der Waals surface area contributed by atoms with Crippen LogP contribution in [-0.2, 0) is 9.53 Å². The van der Waals surface area contributed by atoms with Crippen molar-refractivity contribution in [1.29, 1.82) is 0 Å². The van der Waals surface area contributed by atoms with Crippen LogP contribution >= 0.6 is 0 Å². The number of hydrogen-bond donors (Lipinski definition) is 1. The van der Waals surface area contributed by atoms with Crippen molar-refractivity contribution < 1.29 is 9.53 Å². The molecule has 0 aromatic carbocycles. The summed E-state index contributed by atoms with van der Waals surface area (Å²) < 4.78 is 5.15. The number of ether oxygens (including phenoxy) is 1. The van der Waals surface area contributed by atoms with E-state index in [9.17, 15) is 4.79 Å². The second-order valence-electron chi connectivity index (χ2n) is 5.01. The average molecular weight is 242 g/mol. The molecule has 2 unspecified atom stereocenters. The molecule has 2 atom stereocenters. The lowest BCUT2D eigenvalue weighted by Gasteiger charge is -2.31. The van der Waals surface area contributed by atoms with Crippen LogP contribution in [0, 0.1) is 5.92 Å². The SMILES string of the molecule is CCOC(=O)C1CCCCC1NCCN(C)C. The molecule has 0 heterocycles. The van der Waals surface area contributed by atoms with Gasteiger partial charge in [-0.1, -0.05) is 12.8 Å². The van der Waals surface area contributed by atoms with Gasteiger partial charge in [-0.25, -0.2) is 0 Å². The minimum atomic E-state index is -0.0189. The lowest BCUT2D eigenvalue weighted by Crippen LogP contribution is -2.45. The van der Waals surface area contributed by atoms with E-state index in [1.807, 2.05) is 6.92 Å². The Balaban J connectivity index is 2.39. The summed E-state index contributed by atoms with van der Waals surface area (Å²) in [6, 6.07) is 0.308. The van der Waals surface area contributed by atoms with Crippen LogP contribution in [0.3, 0.4) is 0 Å². The Labute approximate surface area is 105 Å². The van der Waals surface area contributed by atoms with Crippen LogP contribution in [0.2, 0.25) is 0 Å². The molecule has 4 nitrogen and oxygen atoms in total. The van der Waals surface area contributed by atoms with Crippen molar-refractivity contribution in [2.24, 2.45) is 5.92 Å². The Morgan fingerprint density at radius 2 is 2.06 bits per heavy atom. The molecular formula is C13H26N2O2. The van der Waals surface area contributed by atoms with Crippen LogP contribution in [0.25, 0.3) is 0 Å². The Morgan fingerprint density at radius 1 is 1.35 bits per heavy atom. The molecule has 0 aromatic heterocycles. The van der Waals surface area contributed by atoms with Gasteiger partial charge in [-0.3, -0.25) is 4.79 Å². The van der Waals surface area contributed by atoms with Crippen LogP contribution in [0.4, 0.5) is 0 Å². The van der Waals surface area contributed by atoms with Gasteiger partial charge in [0.05, 0.1) is 12.5 Å². The number of hydrogen-bond acceptors (Lipinski definition) is 4. The highest BCUT2D eigenvalue weighted by molar-refractivity contribution is 5.73. The zero-order valence-electron chi connectivity index (χ0n) is 11.4. The van der Waals surface area contributed by atoms with Gasteiger partial charge in [0.25, 0.3) is 0 Å². The largest absolute Gasteiger partial charge is 0.466 e. The number of esters is 1. The van der Waals surface area contributed by atoms with Gasteiger partial charge in [-0.15, -0.1) is 0 Å². The second kappa shape index (κ2) is 7.67. The highest BCUT2D eigenvalue weighted by atomic mass is 16.5. The summed E-state index contributed by atoms with van der Waals surface area (Å²) in [5.74, 6) is 0.0421. The second-order valence-corrected chi connectivity index (χ2v) is 5.01. The molecule has 100 valence electrons. The molecule has 1 aliphatic carbocycles. The molecule has 1 saturated carbocycles. The molecule has 0 bridgehead atoms. The lowest BCUT2D eigenvalue weighted by atomic mass is 9.84. The van der Waals surface area contributed by atoms with Gasteiger partial charge in [-0.05, 0) is 33.9 Å². The fourth-order valence-corrected chi connectivity index (χ4v) is 2.38. The van der Waals surface area contributed by atoms with Gasteiger partial charge < -0.3 is 15.0 Å². The predicted molar refractivity (Wildman–Crippen MR) is 68.9 cm³/mol. The lowest BCUT2D eigenvalue weighted by molar-refractivity contribution is -0.150. The third kappa shape index (κ3) is 5.04. The third-order valence-electron chi connectivity index (χ3n) is 3.32. The summed E-state index contributed by atoms with van der Waals surface area (Å²) >= 11 is 0. The molecule has 0 amide bonds. The number of nitrogens with one attached hydrogen (secondary N) is 1. The summed E-state index contributed by atoms with van der Waals surface area (Å²) in [4.78, 5) is 14.0. The summed E-state index contributed by atoms with van der Waals surface area (Å²) in [5, 5.41) is 3.50. The minimum absolute atomic E-state index is 0.0189. The minimum Gasteiger partial charge on any atom is -0.466 e. The number of carbonyl (C=O) groups excluding carboxylic acids is 1. The smallest absolute Gasteiger partial charge is 0.310 e. The highest BCUT2D eigenvalue weighted by Crippen LogP contribution is 2.25. The van der Waals surface area contributed by atoms with E-state index >= 15 is 0 Å². The Hall–Kier alpha value is -0.610. The summed E-state index contributed by atoms with van der Waals surface area (Å²) in [7, 11) is 4.12. The fourth-order valence-electron chi connectivity index (χ4n) is 2.38. The molecular weight excluding hydrogens is 216 g/mol. The normalized spacial score (nSPS) is 24.9. The number of nitrogens with zero attached hydrogens (tertiary/aromatic N) is 1. The maximum Gasteiger partial charge on any atom is 0.310 e. The number of likely N-dealkylation sites (N-methyl/N-ethyl adjacent to an activating group) is 1. The maximum absolute atomic E-state index is 11.8. The van der Waals surface area contributed by atoms with Gasteiger partial charge in [0.15, 0.2) is 0 Å². The molecule has 17 heavy (non-hydrogen) atoms. The van der Waals surface area contributed by atoms with Crippen molar-refractivity contribution >= 4 is 5.97 Å². The van der Waals surface area contributed by atoms with Crippen molar-refractivity contribution in [2.75, 3.05) is 33.8 Å².